The number of nitrogens with zero attached hydrogens (tertiary/aromatic N) is 2. The first-order chi connectivity index (χ1) is 26.4. The topological polar surface area (TPSA) is 25.3 Å². The summed E-state index contributed by atoms with van der Waals surface area (Å²) in [6, 6.07) is 9.90. The van der Waals surface area contributed by atoms with E-state index in [-0.39, 0.29) is 16.5 Å². The van der Waals surface area contributed by atoms with Gasteiger partial charge in [0.25, 0.3) is 0 Å². The Morgan fingerprint density at radius 3 is 0.836 bits per heavy atom. The molecule has 2 nitrogen and oxygen atoms in total. The number of benzene rings is 2. The van der Waals surface area contributed by atoms with Crippen molar-refractivity contribution in [1.82, 2.24) is 0 Å². The van der Waals surface area contributed by atoms with E-state index in [0.717, 1.165) is 37.1 Å². The van der Waals surface area contributed by atoms with Crippen molar-refractivity contribution < 1.29 is 21.2 Å². The molecule has 55 heavy (non-hydrogen) atoms. The zero-order valence-electron chi connectivity index (χ0n) is 37.9. The molecule has 0 aliphatic carbocycles. The molecule has 0 spiro atoms. The number of hydrogen-bond donors (Lipinski definition) is 0. The van der Waals surface area contributed by atoms with E-state index in [1.54, 1.807) is 29.7 Å². The molecule has 0 fully saturated rings. The van der Waals surface area contributed by atoms with E-state index in [1.807, 2.05) is 0 Å². The fraction of sp³-hybridized carbons (Fsp3) is 0.654. The maximum atomic E-state index is 12.3. The molecule has 0 aromatic heterocycles. The summed E-state index contributed by atoms with van der Waals surface area (Å²) in [6.45, 7) is 28.3. The molecule has 1 aliphatic heterocycles. The summed E-state index contributed by atoms with van der Waals surface area (Å²) in [5.74, 6) is 0. The zero-order valence-corrected chi connectivity index (χ0v) is 38.9. The van der Waals surface area contributed by atoms with Gasteiger partial charge in [0.2, 0.25) is 11.4 Å². The maximum absolute atomic E-state index is 12.3. The van der Waals surface area contributed by atoms with Gasteiger partial charge in [-0.25, -0.2) is 4.70 Å². The van der Waals surface area contributed by atoms with E-state index in [0.29, 0.717) is 0 Å². The molecule has 2 aromatic carbocycles. The van der Waals surface area contributed by atoms with Gasteiger partial charge in [0.1, 0.15) is 0 Å². The van der Waals surface area contributed by atoms with Crippen molar-refractivity contribution in [3.8, 4) is 0 Å². The van der Waals surface area contributed by atoms with Crippen LogP contribution in [0.15, 0.2) is 35.4 Å². The Hall–Kier alpha value is -1.99. The van der Waals surface area contributed by atoms with Crippen LogP contribution >= 0.6 is 0 Å². The Balaban J connectivity index is 0.00000564. The summed E-state index contributed by atoms with van der Waals surface area (Å²) < 4.78 is 1.60. The SMILES string of the molecule is CCCCCc1cc(C2=C(C)C(C)=C(c3cc(CCCCC)c(CCCCC)c(CCCCC)c3)[N+]2=[N-])cc(CCCCC)c1CCCCC.[CH2-]C.[CH2-]C.[Ni+2]. The Kier molecular flexibility index (Phi) is 30.9. The molecule has 3 heteroatoms. The van der Waals surface area contributed by atoms with E-state index >= 15 is 0 Å². The normalized spacial score (nSPS) is 12.4. The van der Waals surface area contributed by atoms with Gasteiger partial charge in [0.05, 0.1) is 0 Å². The van der Waals surface area contributed by atoms with Crippen LogP contribution in [0.2, 0.25) is 0 Å². The van der Waals surface area contributed by atoms with Crippen LogP contribution < -0.4 is 0 Å². The first-order valence-corrected chi connectivity index (χ1v) is 23.0. The largest absolute Gasteiger partial charge is 2.00 e. The van der Waals surface area contributed by atoms with Gasteiger partial charge in [-0.15, -0.1) is 0 Å². The summed E-state index contributed by atoms with van der Waals surface area (Å²) in [7, 11) is 0. The van der Waals surface area contributed by atoms with Gasteiger partial charge in [-0.1, -0.05) is 119 Å². The maximum Gasteiger partial charge on any atom is 2.00 e. The quantitative estimate of drug-likeness (QED) is 0.0392. The van der Waals surface area contributed by atoms with Gasteiger partial charge in [-0.05, 0) is 149 Å². The zero-order chi connectivity index (χ0) is 40.3. The van der Waals surface area contributed by atoms with Gasteiger partial charge >= 0.3 is 16.5 Å². The van der Waals surface area contributed by atoms with Crippen LogP contribution in [0.25, 0.3) is 16.9 Å². The van der Waals surface area contributed by atoms with Gasteiger partial charge in [-0.2, -0.15) is 13.8 Å². The third-order valence-electron chi connectivity index (χ3n) is 11.4. The smallest absolute Gasteiger partial charge is 0.493 e. The minimum atomic E-state index is 0. The van der Waals surface area contributed by atoms with Crippen LogP contribution in [0.3, 0.4) is 0 Å². The van der Waals surface area contributed by atoms with Crippen molar-refractivity contribution in [1.29, 1.82) is 0 Å². The average molecular weight is 798 g/mol. The molecular formula is C52H86N2Ni. The second kappa shape index (κ2) is 32.0. The summed E-state index contributed by atoms with van der Waals surface area (Å²) in [4.78, 5) is 0. The molecule has 0 saturated carbocycles. The second-order valence-electron chi connectivity index (χ2n) is 15.5. The van der Waals surface area contributed by atoms with Crippen molar-refractivity contribution >= 4 is 11.4 Å². The predicted octanol–water partition coefficient (Wildman–Crippen LogP) is 17.0. The molecule has 0 radical (unpaired) electrons. The van der Waals surface area contributed by atoms with Gasteiger partial charge in [-0.3, -0.25) is 0 Å². The summed E-state index contributed by atoms with van der Waals surface area (Å²) in [5, 5.41) is 0. The summed E-state index contributed by atoms with van der Waals surface area (Å²) >= 11 is 0. The van der Waals surface area contributed by atoms with Crippen LogP contribution in [0.4, 0.5) is 0 Å². The second-order valence-corrected chi connectivity index (χ2v) is 15.5. The van der Waals surface area contributed by atoms with Crippen molar-refractivity contribution in [2.24, 2.45) is 0 Å². The third-order valence-corrected chi connectivity index (χ3v) is 11.4. The van der Waals surface area contributed by atoms with E-state index in [4.69, 9.17) is 0 Å². The fourth-order valence-electron chi connectivity index (χ4n) is 8.23. The standard InChI is InChI=1S/C48H76N2.2C2H5.Ni/c1-9-15-21-27-39-33-43(34-40(28-22-16-10-2)45(39)31-25-19-13-5)47-37(7)38(8)48(50(47)49)44-35-41(29-23-17-11-3)46(32-26-20-14-6)42(36-44)30-24-18-12-4;2*1-2;/h33-36H,9-32H2,1-8H3;2*1H2,2H3;/q;2*-1;+2. The van der Waals surface area contributed by atoms with E-state index < -0.39 is 0 Å². The van der Waals surface area contributed by atoms with Gasteiger partial charge < -0.3 is 19.4 Å². The van der Waals surface area contributed by atoms with Crippen LogP contribution in [0.1, 0.15) is 229 Å². The molecule has 2 aromatic rings. The predicted molar refractivity (Wildman–Crippen MR) is 243 cm³/mol. The molecule has 0 saturated heterocycles. The third kappa shape index (κ3) is 16.8. The van der Waals surface area contributed by atoms with E-state index in [9.17, 15) is 5.53 Å². The Morgan fingerprint density at radius 1 is 0.400 bits per heavy atom. The molecule has 0 bridgehead atoms. The fourth-order valence-corrected chi connectivity index (χ4v) is 8.23. The Bertz CT molecular complexity index is 1240. The molecule has 0 atom stereocenters. The van der Waals surface area contributed by atoms with Crippen LogP contribution in [0.5, 0.6) is 0 Å². The summed E-state index contributed by atoms with van der Waals surface area (Å²) in [6.07, 6.45) is 29.6. The van der Waals surface area contributed by atoms with Crippen molar-refractivity contribution in [2.45, 2.75) is 223 Å². The molecule has 0 unspecified atom stereocenters. The van der Waals surface area contributed by atoms with Crippen molar-refractivity contribution in [3.63, 3.8) is 0 Å². The molecule has 1 heterocycles. The Morgan fingerprint density at radius 2 is 0.618 bits per heavy atom. The van der Waals surface area contributed by atoms with Crippen molar-refractivity contribution in [2.75, 3.05) is 0 Å². The van der Waals surface area contributed by atoms with E-state index in [1.165, 1.54) is 173 Å². The van der Waals surface area contributed by atoms with Crippen LogP contribution in [-0.2, 0) is 55.0 Å². The number of rotatable bonds is 26. The number of allylic oxidation sites excluding steroid dienone is 2. The monoisotopic (exact) mass is 797 g/mol. The Labute approximate surface area is 353 Å². The van der Waals surface area contributed by atoms with Gasteiger partial charge in [0.15, 0.2) is 0 Å². The number of aryl methyl sites for hydroxylation is 4. The van der Waals surface area contributed by atoms with Crippen LogP contribution in [-0.4, -0.2) is 4.70 Å². The molecule has 314 valence electrons. The minimum absolute atomic E-state index is 0. The van der Waals surface area contributed by atoms with Crippen LogP contribution in [0, 0.1) is 13.8 Å². The van der Waals surface area contributed by atoms with E-state index in [2.05, 4.69) is 93.5 Å². The number of unbranched alkanes of at least 4 members (excludes halogenated alkanes) is 12. The average Bonchev–Trinajstić information content (AvgIpc) is 3.41. The first-order valence-electron chi connectivity index (χ1n) is 23.0. The molecular weight excluding hydrogens is 711 g/mol. The molecule has 0 N–H and O–H groups in total. The summed E-state index contributed by atoms with van der Waals surface area (Å²) in [5.41, 5.74) is 28.5. The first kappa shape index (κ1) is 53.0. The van der Waals surface area contributed by atoms with Crippen molar-refractivity contribution in [3.05, 3.63) is 99.3 Å². The number of hydrogen-bond acceptors (Lipinski definition) is 0. The molecule has 3 rings (SSSR count). The minimum Gasteiger partial charge on any atom is -0.493 e. The van der Waals surface area contributed by atoms with Gasteiger partial charge in [0, 0.05) is 22.3 Å². The molecule has 0 amide bonds. The molecule has 1 aliphatic rings.